The van der Waals surface area contributed by atoms with Crippen LogP contribution in [0.15, 0.2) is 36.4 Å². The standard InChI is InChI=1S/C29H44F2O/c1-3-5-6-8-24-13-17-27(18-14-24)28-19-15-26(16-20-28)22-32-29(30,31)21-25-11-9-23(7-4-2)10-12-25/h4,7,15-16,19-20,23-25,27H,3,5-6,8-14,17-18,21-22H2,1-2H3/b7-4+/t23-,24-,25-,27-. The lowest BCUT2D eigenvalue weighted by Gasteiger charge is -2.29. The Morgan fingerprint density at radius 1 is 0.906 bits per heavy atom. The number of ether oxygens (including phenoxy) is 1. The molecule has 0 radical (unpaired) electrons. The zero-order chi connectivity index (χ0) is 22.8. The highest BCUT2D eigenvalue weighted by molar-refractivity contribution is 5.25. The molecular formula is C29H44F2O. The van der Waals surface area contributed by atoms with E-state index in [2.05, 4.69) is 31.2 Å². The minimum atomic E-state index is -3.03. The second-order valence-electron chi connectivity index (χ2n) is 10.4. The van der Waals surface area contributed by atoms with Crippen LogP contribution in [0.1, 0.15) is 114 Å². The van der Waals surface area contributed by atoms with Crippen molar-refractivity contribution in [1.29, 1.82) is 0 Å². The average molecular weight is 447 g/mol. The minimum absolute atomic E-state index is 0.00856. The van der Waals surface area contributed by atoms with Gasteiger partial charge in [-0.25, -0.2) is 0 Å². The number of benzene rings is 1. The van der Waals surface area contributed by atoms with Gasteiger partial charge in [0.1, 0.15) is 0 Å². The van der Waals surface area contributed by atoms with Crippen LogP contribution in [0.3, 0.4) is 0 Å². The van der Waals surface area contributed by atoms with E-state index in [4.69, 9.17) is 4.74 Å². The Morgan fingerprint density at radius 3 is 2.19 bits per heavy atom. The highest BCUT2D eigenvalue weighted by Crippen LogP contribution is 2.39. The first-order valence-electron chi connectivity index (χ1n) is 13.2. The molecule has 0 bridgehead atoms. The van der Waals surface area contributed by atoms with E-state index in [1.807, 2.05) is 19.1 Å². The number of halogens is 2. The maximum Gasteiger partial charge on any atom is 0.356 e. The molecule has 0 unspecified atom stereocenters. The number of hydrogen-bond acceptors (Lipinski definition) is 1. The van der Waals surface area contributed by atoms with Crippen LogP contribution in [0.4, 0.5) is 8.78 Å². The van der Waals surface area contributed by atoms with E-state index < -0.39 is 6.11 Å². The first kappa shape index (κ1) is 25.4. The van der Waals surface area contributed by atoms with Gasteiger partial charge in [0.25, 0.3) is 0 Å². The molecule has 0 aromatic heterocycles. The molecule has 2 aliphatic rings. The first-order chi connectivity index (χ1) is 15.5. The van der Waals surface area contributed by atoms with Crippen LogP contribution in [-0.4, -0.2) is 6.11 Å². The molecule has 3 heteroatoms. The summed E-state index contributed by atoms with van der Waals surface area (Å²) < 4.78 is 33.9. The van der Waals surface area contributed by atoms with Gasteiger partial charge in [0.15, 0.2) is 0 Å². The number of allylic oxidation sites excluding steroid dienone is 2. The third-order valence-electron chi connectivity index (χ3n) is 7.85. The predicted octanol–water partition coefficient (Wildman–Crippen LogP) is 9.42. The van der Waals surface area contributed by atoms with Crippen molar-refractivity contribution in [2.45, 2.75) is 116 Å². The number of unbranched alkanes of at least 4 members (excludes halogenated alkanes) is 2. The van der Waals surface area contributed by atoms with Gasteiger partial charge in [0.05, 0.1) is 6.61 Å². The summed E-state index contributed by atoms with van der Waals surface area (Å²) in [6.45, 7) is 4.29. The van der Waals surface area contributed by atoms with Gasteiger partial charge in [-0.15, -0.1) is 0 Å². The van der Waals surface area contributed by atoms with Crippen LogP contribution in [0.25, 0.3) is 0 Å². The van der Waals surface area contributed by atoms with E-state index in [9.17, 15) is 8.78 Å². The molecule has 1 aromatic carbocycles. The molecule has 0 saturated heterocycles. The van der Waals surface area contributed by atoms with Crippen LogP contribution in [-0.2, 0) is 11.3 Å². The van der Waals surface area contributed by atoms with Gasteiger partial charge in [0.2, 0.25) is 0 Å². The van der Waals surface area contributed by atoms with Crippen LogP contribution < -0.4 is 0 Å². The zero-order valence-corrected chi connectivity index (χ0v) is 20.3. The summed E-state index contributed by atoms with van der Waals surface area (Å²) in [5.74, 6) is 2.18. The van der Waals surface area contributed by atoms with Gasteiger partial charge in [-0.3, -0.25) is 0 Å². The molecule has 0 heterocycles. The van der Waals surface area contributed by atoms with Crippen molar-refractivity contribution < 1.29 is 13.5 Å². The summed E-state index contributed by atoms with van der Waals surface area (Å²) >= 11 is 0. The Kier molecular flexibility index (Phi) is 10.2. The largest absolute Gasteiger partial charge is 0.356 e. The second-order valence-corrected chi connectivity index (χ2v) is 10.4. The van der Waals surface area contributed by atoms with Gasteiger partial charge < -0.3 is 4.74 Å². The molecule has 0 atom stereocenters. The lowest BCUT2D eigenvalue weighted by Crippen LogP contribution is -2.26. The molecule has 180 valence electrons. The zero-order valence-electron chi connectivity index (χ0n) is 20.3. The Bertz CT molecular complexity index is 665. The lowest BCUT2D eigenvalue weighted by molar-refractivity contribution is -0.256. The van der Waals surface area contributed by atoms with E-state index in [0.717, 1.165) is 37.2 Å². The molecule has 0 spiro atoms. The molecule has 1 aromatic rings. The van der Waals surface area contributed by atoms with Crippen LogP contribution in [0.2, 0.25) is 0 Å². The monoisotopic (exact) mass is 446 g/mol. The molecule has 2 fully saturated rings. The van der Waals surface area contributed by atoms with Crippen molar-refractivity contribution in [3.05, 3.63) is 47.5 Å². The smallest absolute Gasteiger partial charge is 0.316 e. The van der Waals surface area contributed by atoms with Crippen molar-refractivity contribution in [2.75, 3.05) is 0 Å². The van der Waals surface area contributed by atoms with Crippen LogP contribution in [0.5, 0.6) is 0 Å². The summed E-state index contributed by atoms with van der Waals surface area (Å²) in [7, 11) is 0. The summed E-state index contributed by atoms with van der Waals surface area (Å²) in [5, 5.41) is 0. The third kappa shape index (κ3) is 8.28. The van der Waals surface area contributed by atoms with Crippen LogP contribution >= 0.6 is 0 Å². The minimum Gasteiger partial charge on any atom is -0.316 e. The lowest BCUT2D eigenvalue weighted by atomic mass is 9.77. The summed E-state index contributed by atoms with van der Waals surface area (Å²) in [4.78, 5) is 0. The highest BCUT2D eigenvalue weighted by Gasteiger charge is 2.35. The quantitative estimate of drug-likeness (QED) is 0.243. The summed E-state index contributed by atoms with van der Waals surface area (Å²) in [6, 6.07) is 8.25. The van der Waals surface area contributed by atoms with Crippen molar-refractivity contribution in [1.82, 2.24) is 0 Å². The molecular weight excluding hydrogens is 402 g/mol. The maximum absolute atomic E-state index is 14.4. The fourth-order valence-corrected chi connectivity index (χ4v) is 5.79. The fourth-order valence-electron chi connectivity index (χ4n) is 5.79. The van der Waals surface area contributed by atoms with Crippen LogP contribution in [0, 0.1) is 17.8 Å². The Labute approximate surface area is 195 Å². The predicted molar refractivity (Wildman–Crippen MR) is 130 cm³/mol. The van der Waals surface area contributed by atoms with E-state index >= 15 is 0 Å². The van der Waals surface area contributed by atoms with E-state index in [1.54, 1.807) is 0 Å². The second kappa shape index (κ2) is 12.9. The molecule has 32 heavy (non-hydrogen) atoms. The van der Waals surface area contributed by atoms with Gasteiger partial charge in [-0.05, 0) is 93.1 Å². The van der Waals surface area contributed by atoms with E-state index in [-0.39, 0.29) is 18.9 Å². The summed E-state index contributed by atoms with van der Waals surface area (Å²) in [6.07, 6.45) is 15.5. The Balaban J connectivity index is 1.39. The molecule has 0 aliphatic heterocycles. The number of alkyl halides is 2. The molecule has 2 aliphatic carbocycles. The van der Waals surface area contributed by atoms with E-state index in [0.29, 0.717) is 11.8 Å². The van der Waals surface area contributed by atoms with Gasteiger partial charge in [0, 0.05) is 6.42 Å². The molecule has 1 nitrogen and oxygen atoms in total. The topological polar surface area (TPSA) is 9.23 Å². The highest BCUT2D eigenvalue weighted by atomic mass is 19.3. The van der Waals surface area contributed by atoms with Gasteiger partial charge >= 0.3 is 6.11 Å². The fraction of sp³-hybridized carbons (Fsp3) is 0.724. The number of rotatable bonds is 11. The van der Waals surface area contributed by atoms with Crippen molar-refractivity contribution in [3.8, 4) is 0 Å². The maximum atomic E-state index is 14.4. The molecule has 0 N–H and O–H groups in total. The van der Waals surface area contributed by atoms with Gasteiger partial charge in [-0.1, -0.05) is 69.0 Å². The SMILES string of the molecule is C/C=C/[C@H]1CC[C@H](CC(F)(F)OCc2ccc([C@H]3CC[C@H](CCCCC)CC3)cc2)CC1. The molecule has 3 rings (SSSR count). The Morgan fingerprint density at radius 2 is 1.56 bits per heavy atom. The summed E-state index contributed by atoms with van der Waals surface area (Å²) in [5.41, 5.74) is 2.21. The molecule has 0 amide bonds. The van der Waals surface area contributed by atoms with Crippen molar-refractivity contribution in [3.63, 3.8) is 0 Å². The Hall–Kier alpha value is -1.22. The van der Waals surface area contributed by atoms with Crippen molar-refractivity contribution in [2.24, 2.45) is 17.8 Å². The number of hydrogen-bond donors (Lipinski definition) is 0. The van der Waals surface area contributed by atoms with Crippen molar-refractivity contribution >= 4 is 0 Å². The first-order valence-corrected chi connectivity index (χ1v) is 13.2. The van der Waals surface area contributed by atoms with E-state index in [1.165, 1.54) is 56.9 Å². The molecule has 2 saturated carbocycles. The normalized spacial score (nSPS) is 27.1. The average Bonchev–Trinajstić information content (AvgIpc) is 2.80. The third-order valence-corrected chi connectivity index (χ3v) is 7.85. The van der Waals surface area contributed by atoms with Gasteiger partial charge in [-0.2, -0.15) is 8.78 Å².